The van der Waals surface area contributed by atoms with E-state index < -0.39 is 67.4 Å². The van der Waals surface area contributed by atoms with Crippen LogP contribution in [0.4, 0.5) is 0 Å². The largest absolute Gasteiger partial charge is 0.454 e. The second kappa shape index (κ2) is 45.7. The van der Waals surface area contributed by atoms with Crippen molar-refractivity contribution in [3.63, 3.8) is 0 Å². The predicted molar refractivity (Wildman–Crippen MR) is 278 cm³/mol. The van der Waals surface area contributed by atoms with E-state index >= 15 is 0 Å². The highest BCUT2D eigenvalue weighted by atomic mass is 16.7. The molecule has 0 aromatic rings. The summed E-state index contributed by atoms with van der Waals surface area (Å²) < 4.78 is 17.5. The molecule has 396 valence electrons. The number of nitrogens with one attached hydrogen (secondary N) is 1. The first-order chi connectivity index (χ1) is 33.2. The zero-order valence-electron chi connectivity index (χ0n) is 43.5. The fourth-order valence-electron chi connectivity index (χ4n) is 8.51. The highest BCUT2D eigenvalue weighted by Crippen LogP contribution is 2.26. The Labute approximate surface area is 415 Å². The minimum absolute atomic E-state index is 0.103. The fourth-order valence-corrected chi connectivity index (χ4v) is 8.51. The van der Waals surface area contributed by atoms with Gasteiger partial charge in [-0.05, 0) is 77.0 Å². The summed E-state index contributed by atoms with van der Waals surface area (Å²) in [5.41, 5.74) is 0. The molecule has 8 unspecified atom stereocenters. The summed E-state index contributed by atoms with van der Waals surface area (Å²) in [7, 11) is 0. The van der Waals surface area contributed by atoms with E-state index in [4.69, 9.17) is 14.2 Å². The zero-order chi connectivity index (χ0) is 49.7. The van der Waals surface area contributed by atoms with Crippen molar-refractivity contribution in [2.24, 2.45) is 0 Å². The number of ether oxygens (including phenoxy) is 3. The van der Waals surface area contributed by atoms with Gasteiger partial charge in [-0.15, -0.1) is 0 Å². The Morgan fingerprint density at radius 2 is 1.06 bits per heavy atom. The van der Waals surface area contributed by atoms with Gasteiger partial charge in [0.25, 0.3) is 0 Å². The van der Waals surface area contributed by atoms with Gasteiger partial charge < -0.3 is 45.1 Å². The van der Waals surface area contributed by atoms with Crippen molar-refractivity contribution in [1.82, 2.24) is 5.32 Å². The summed E-state index contributed by atoms with van der Waals surface area (Å²) in [6.45, 7) is 5.64. The Kier molecular flexibility index (Phi) is 42.8. The van der Waals surface area contributed by atoms with Crippen LogP contribution in [0.15, 0.2) is 48.6 Å². The average Bonchev–Trinajstić information content (AvgIpc) is 3.33. The standard InChI is InChI=1S/C57H103NO10/c1-4-7-10-13-16-19-22-25-27-30-33-36-39-42-45-52(62)68-55-54(64)53(63)51(46-59)67-57(55)66-47-48(49(60)43-40-37-34-31-28-24-21-18-15-12-9-6-3)58-56(65)50(61)44-41-38-35-32-29-26-23-20-17-14-11-8-5-2/h8,11,17,20,27,30,40,43,48-51,53-55,57,59-61,63-64H,4-7,9-10,12-16,18-19,21-26,28-29,31-39,41-42,44-47H2,1-3H3,(H,58,65)/b11-8+,20-17+,30-27-,43-40+. The first kappa shape index (κ1) is 63.6. The third-order valence-corrected chi connectivity index (χ3v) is 13.0. The lowest BCUT2D eigenvalue weighted by atomic mass is 9.99. The van der Waals surface area contributed by atoms with Gasteiger partial charge in [-0.1, -0.05) is 204 Å². The van der Waals surface area contributed by atoms with Gasteiger partial charge in [0.2, 0.25) is 5.91 Å². The van der Waals surface area contributed by atoms with E-state index in [0.717, 1.165) is 96.3 Å². The number of unbranched alkanes of at least 4 members (excludes halogenated alkanes) is 26. The number of allylic oxidation sites excluding steroid dienone is 7. The van der Waals surface area contributed by atoms with E-state index in [1.807, 2.05) is 6.08 Å². The molecule has 68 heavy (non-hydrogen) atoms. The maximum atomic E-state index is 13.3. The monoisotopic (exact) mass is 962 g/mol. The van der Waals surface area contributed by atoms with Crippen LogP contribution < -0.4 is 5.32 Å². The van der Waals surface area contributed by atoms with Crippen molar-refractivity contribution < 1.29 is 49.3 Å². The van der Waals surface area contributed by atoms with Gasteiger partial charge in [0.1, 0.15) is 24.4 Å². The predicted octanol–water partition coefficient (Wildman–Crippen LogP) is 12.1. The van der Waals surface area contributed by atoms with Crippen LogP contribution in [0, 0.1) is 0 Å². The van der Waals surface area contributed by atoms with Crippen LogP contribution in [0.2, 0.25) is 0 Å². The molecule has 0 radical (unpaired) electrons. The lowest BCUT2D eigenvalue weighted by Gasteiger charge is -2.41. The smallest absolute Gasteiger partial charge is 0.306 e. The highest BCUT2D eigenvalue weighted by Gasteiger charge is 2.47. The lowest BCUT2D eigenvalue weighted by molar-refractivity contribution is -0.305. The van der Waals surface area contributed by atoms with Gasteiger partial charge in [0.05, 0.1) is 25.4 Å². The minimum Gasteiger partial charge on any atom is -0.454 e. The second-order valence-corrected chi connectivity index (χ2v) is 19.3. The maximum Gasteiger partial charge on any atom is 0.306 e. The van der Waals surface area contributed by atoms with E-state index in [1.165, 1.54) is 96.3 Å². The Bertz CT molecular complexity index is 1290. The van der Waals surface area contributed by atoms with Crippen LogP contribution in [-0.2, 0) is 23.8 Å². The molecule has 1 amide bonds. The van der Waals surface area contributed by atoms with Crippen molar-refractivity contribution in [3.8, 4) is 0 Å². The molecule has 0 aromatic carbocycles. The molecule has 0 aliphatic carbocycles. The number of aliphatic hydroxyl groups is 5. The number of hydrogen-bond donors (Lipinski definition) is 6. The first-order valence-corrected chi connectivity index (χ1v) is 27.9. The van der Waals surface area contributed by atoms with Crippen LogP contribution >= 0.6 is 0 Å². The molecule has 11 nitrogen and oxygen atoms in total. The second-order valence-electron chi connectivity index (χ2n) is 19.3. The molecule has 1 saturated heterocycles. The molecule has 0 spiro atoms. The Morgan fingerprint density at radius 3 is 1.59 bits per heavy atom. The lowest BCUT2D eigenvalue weighted by Crippen LogP contribution is -2.61. The van der Waals surface area contributed by atoms with Crippen LogP contribution in [0.3, 0.4) is 0 Å². The number of carbonyl (C=O) groups excluding carboxylic acids is 2. The maximum absolute atomic E-state index is 13.3. The van der Waals surface area contributed by atoms with Crippen LogP contribution in [0.5, 0.6) is 0 Å². The van der Waals surface area contributed by atoms with E-state index in [9.17, 15) is 35.1 Å². The van der Waals surface area contributed by atoms with Crippen molar-refractivity contribution in [1.29, 1.82) is 0 Å². The van der Waals surface area contributed by atoms with E-state index in [2.05, 4.69) is 62.5 Å². The zero-order valence-corrected chi connectivity index (χ0v) is 43.5. The van der Waals surface area contributed by atoms with E-state index in [0.29, 0.717) is 12.8 Å². The number of aliphatic hydroxyl groups excluding tert-OH is 5. The van der Waals surface area contributed by atoms with Crippen molar-refractivity contribution in [3.05, 3.63) is 48.6 Å². The topological polar surface area (TPSA) is 175 Å². The van der Waals surface area contributed by atoms with Gasteiger partial charge in [-0.3, -0.25) is 9.59 Å². The molecule has 1 heterocycles. The normalized spacial score (nSPS) is 20.3. The summed E-state index contributed by atoms with van der Waals surface area (Å²) in [6, 6.07) is -1.03. The number of rotatable bonds is 46. The van der Waals surface area contributed by atoms with Crippen molar-refractivity contribution in [2.45, 2.75) is 288 Å². The molecule has 1 fully saturated rings. The SMILES string of the molecule is CC/C=C/C/C=C/CCCCCCCCC(O)C(=O)NC(COC1OC(CO)C(O)C(O)C1OC(=O)CCCCC/C=C\CCCCCCCCC)C(O)/C=C/CCCCCCCCCCCC. The third kappa shape index (κ3) is 34.0. The summed E-state index contributed by atoms with van der Waals surface area (Å²) in [5, 5.41) is 56.7. The van der Waals surface area contributed by atoms with Gasteiger partial charge in [-0.25, -0.2) is 0 Å². The quantitative estimate of drug-likeness (QED) is 0.0196. The molecule has 8 atom stereocenters. The van der Waals surface area contributed by atoms with Crippen molar-refractivity contribution >= 4 is 11.9 Å². The van der Waals surface area contributed by atoms with Crippen molar-refractivity contribution in [2.75, 3.05) is 13.2 Å². The van der Waals surface area contributed by atoms with E-state index in [-0.39, 0.29) is 19.4 Å². The number of esters is 1. The highest BCUT2D eigenvalue weighted by molar-refractivity contribution is 5.80. The summed E-state index contributed by atoms with van der Waals surface area (Å²) in [5.74, 6) is -1.22. The first-order valence-electron chi connectivity index (χ1n) is 27.9. The van der Waals surface area contributed by atoms with Crippen LogP contribution in [0.1, 0.15) is 239 Å². The van der Waals surface area contributed by atoms with E-state index in [1.54, 1.807) is 6.08 Å². The summed E-state index contributed by atoms with van der Waals surface area (Å²) >= 11 is 0. The average molecular weight is 962 g/mol. The number of amides is 1. The number of carbonyl (C=O) groups is 2. The molecule has 1 aliphatic heterocycles. The van der Waals surface area contributed by atoms with Gasteiger partial charge in [0, 0.05) is 6.42 Å². The Morgan fingerprint density at radius 1 is 0.588 bits per heavy atom. The van der Waals surface area contributed by atoms with Gasteiger partial charge in [-0.2, -0.15) is 0 Å². The third-order valence-electron chi connectivity index (χ3n) is 13.0. The fraction of sp³-hybridized carbons (Fsp3) is 0.825. The molecule has 1 aliphatic rings. The molecule has 0 bridgehead atoms. The van der Waals surface area contributed by atoms with Crippen LogP contribution in [-0.4, -0.2) is 99.6 Å². The molecular weight excluding hydrogens is 859 g/mol. The molecule has 0 saturated carbocycles. The van der Waals surface area contributed by atoms with Crippen LogP contribution in [0.25, 0.3) is 0 Å². The molecular formula is C57H103NO10. The molecule has 11 heteroatoms. The Hall–Kier alpha value is -2.38. The number of hydrogen-bond acceptors (Lipinski definition) is 10. The van der Waals surface area contributed by atoms with Gasteiger partial charge >= 0.3 is 5.97 Å². The summed E-state index contributed by atoms with van der Waals surface area (Å²) in [6.07, 6.45) is 43.0. The minimum atomic E-state index is -1.62. The van der Waals surface area contributed by atoms with Gasteiger partial charge in [0.15, 0.2) is 12.4 Å². The molecule has 0 aromatic heterocycles. The molecule has 6 N–H and O–H groups in total. The molecule has 1 rings (SSSR count). The Balaban J connectivity index is 2.77. The summed E-state index contributed by atoms with van der Waals surface area (Å²) in [4.78, 5) is 26.4.